The molecule has 0 bridgehead atoms. The van der Waals surface area contributed by atoms with E-state index in [9.17, 15) is 5.26 Å². The fraction of sp³-hybridized carbons (Fsp3) is 0.357. The Morgan fingerprint density at radius 3 is 2.57 bits per heavy atom. The van der Waals surface area contributed by atoms with Gasteiger partial charge in [-0.25, -0.2) is 4.98 Å². The van der Waals surface area contributed by atoms with Crippen molar-refractivity contribution in [2.24, 2.45) is 0 Å². The van der Waals surface area contributed by atoms with E-state index >= 15 is 0 Å². The molecule has 1 aliphatic heterocycles. The molecule has 1 aliphatic carbocycles. The van der Waals surface area contributed by atoms with Crippen molar-refractivity contribution in [2.75, 3.05) is 18.5 Å². The minimum absolute atomic E-state index is 0.185. The third-order valence-electron chi connectivity index (χ3n) is 7.03. The zero-order valence-corrected chi connectivity index (χ0v) is 20.6. The van der Waals surface area contributed by atoms with Gasteiger partial charge in [-0.05, 0) is 56.0 Å². The molecule has 35 heavy (non-hydrogen) atoms. The summed E-state index contributed by atoms with van der Waals surface area (Å²) >= 11 is 1.60. The molecule has 1 saturated carbocycles. The van der Waals surface area contributed by atoms with Crippen molar-refractivity contribution in [3.8, 4) is 23.1 Å². The second kappa shape index (κ2) is 9.37. The lowest BCUT2D eigenvalue weighted by Gasteiger charge is -2.30. The topological polar surface area (TPSA) is 72.1 Å². The Morgan fingerprint density at radius 2 is 1.91 bits per heavy atom. The fourth-order valence-electron chi connectivity index (χ4n) is 5.02. The second-order valence-electron chi connectivity index (χ2n) is 9.40. The number of nitrogens with zero attached hydrogens (tertiary/aromatic N) is 3. The van der Waals surface area contributed by atoms with Crippen LogP contribution in [0.2, 0.25) is 0 Å². The molecule has 178 valence electrons. The lowest BCUT2D eigenvalue weighted by molar-refractivity contribution is 0.0256. The molecular weight excluding hydrogens is 456 g/mol. The molecule has 0 spiro atoms. The highest BCUT2D eigenvalue weighted by molar-refractivity contribution is 7.13. The maximum Gasteiger partial charge on any atom is 0.187 e. The first-order valence-corrected chi connectivity index (χ1v) is 13.2. The number of hydrogen-bond donors (Lipinski definition) is 1. The van der Waals surface area contributed by atoms with Crippen LogP contribution in [-0.4, -0.2) is 28.9 Å². The Labute approximate surface area is 209 Å². The summed E-state index contributed by atoms with van der Waals surface area (Å²) in [6, 6.07) is 17.5. The molecule has 4 aromatic rings. The fourth-order valence-corrected chi connectivity index (χ4v) is 5.73. The number of benzene rings is 2. The number of thiazole rings is 1. The van der Waals surface area contributed by atoms with Crippen molar-refractivity contribution in [1.29, 1.82) is 5.26 Å². The van der Waals surface area contributed by atoms with Gasteiger partial charge in [0, 0.05) is 41.4 Å². The highest BCUT2D eigenvalue weighted by Crippen LogP contribution is 2.43. The van der Waals surface area contributed by atoms with Gasteiger partial charge in [0.2, 0.25) is 0 Å². The summed E-state index contributed by atoms with van der Waals surface area (Å²) in [5, 5.41) is 17.5. The molecule has 2 fully saturated rings. The first-order valence-electron chi connectivity index (χ1n) is 12.3. The number of aromatic nitrogens is 2. The molecule has 2 aromatic carbocycles. The van der Waals surface area contributed by atoms with Gasteiger partial charge in [0.25, 0.3) is 0 Å². The predicted molar refractivity (Wildman–Crippen MR) is 140 cm³/mol. The number of rotatable bonds is 6. The monoisotopic (exact) mass is 484 g/mol. The van der Waals surface area contributed by atoms with Gasteiger partial charge >= 0.3 is 0 Å². The normalized spacial score (nSPS) is 16.7. The Bertz CT molecular complexity index is 1390. The van der Waals surface area contributed by atoms with E-state index in [4.69, 9.17) is 9.47 Å². The van der Waals surface area contributed by atoms with E-state index in [1.54, 1.807) is 11.3 Å². The quantitative estimate of drug-likeness (QED) is 0.320. The number of nitrogens with one attached hydrogen (secondary N) is 1. The maximum absolute atomic E-state index is 10.2. The zero-order valence-electron chi connectivity index (χ0n) is 19.8. The van der Waals surface area contributed by atoms with Gasteiger partial charge in [0.1, 0.15) is 17.9 Å². The SMILES string of the molecule is Cc1csc(Nc2ccc(-c3c(C#N)c4ccc(OC5CCOCC5)cc4n3C3CCC3)cc2)n1. The van der Waals surface area contributed by atoms with E-state index in [1.165, 1.54) is 6.42 Å². The molecule has 7 heteroatoms. The van der Waals surface area contributed by atoms with Gasteiger partial charge in [0.05, 0.1) is 35.7 Å². The average molecular weight is 485 g/mol. The molecule has 0 atom stereocenters. The van der Waals surface area contributed by atoms with Crippen LogP contribution in [-0.2, 0) is 4.74 Å². The second-order valence-corrected chi connectivity index (χ2v) is 10.3. The summed E-state index contributed by atoms with van der Waals surface area (Å²) in [6.45, 7) is 3.50. The van der Waals surface area contributed by atoms with Crippen LogP contribution in [0.15, 0.2) is 47.8 Å². The molecule has 0 amide bonds. The maximum atomic E-state index is 10.2. The summed E-state index contributed by atoms with van der Waals surface area (Å²) < 4.78 is 14.2. The molecule has 0 radical (unpaired) electrons. The minimum atomic E-state index is 0.185. The Kier molecular flexibility index (Phi) is 5.93. The summed E-state index contributed by atoms with van der Waals surface area (Å²) in [5.41, 5.74) is 5.88. The molecule has 6 nitrogen and oxygen atoms in total. The van der Waals surface area contributed by atoms with Crippen LogP contribution in [0.4, 0.5) is 10.8 Å². The average Bonchev–Trinajstić information content (AvgIpc) is 3.39. The molecule has 3 heterocycles. The molecule has 1 N–H and O–H groups in total. The first kappa shape index (κ1) is 22.1. The van der Waals surface area contributed by atoms with Gasteiger partial charge in [-0.2, -0.15) is 5.26 Å². The van der Waals surface area contributed by atoms with Gasteiger partial charge in [-0.3, -0.25) is 0 Å². The number of hydrogen-bond acceptors (Lipinski definition) is 6. The number of aryl methyl sites for hydroxylation is 1. The van der Waals surface area contributed by atoms with E-state index in [-0.39, 0.29) is 6.10 Å². The number of ether oxygens (including phenoxy) is 2. The molecule has 2 aromatic heterocycles. The van der Waals surface area contributed by atoms with Crippen LogP contribution in [0.1, 0.15) is 49.4 Å². The van der Waals surface area contributed by atoms with Crippen molar-refractivity contribution >= 4 is 33.1 Å². The van der Waals surface area contributed by atoms with Gasteiger partial charge in [0.15, 0.2) is 5.13 Å². The van der Waals surface area contributed by atoms with Gasteiger partial charge in [-0.15, -0.1) is 11.3 Å². The number of anilines is 2. The molecule has 6 rings (SSSR count). The smallest absolute Gasteiger partial charge is 0.187 e. The Morgan fingerprint density at radius 1 is 1.11 bits per heavy atom. The largest absolute Gasteiger partial charge is 0.490 e. The van der Waals surface area contributed by atoms with Gasteiger partial charge < -0.3 is 19.4 Å². The molecule has 0 unspecified atom stereocenters. The highest BCUT2D eigenvalue weighted by Gasteiger charge is 2.28. The molecular formula is C28H28N4O2S. The minimum Gasteiger partial charge on any atom is -0.490 e. The number of nitriles is 1. The van der Waals surface area contributed by atoms with Crippen LogP contribution in [0.5, 0.6) is 5.75 Å². The summed E-state index contributed by atoms with van der Waals surface area (Å²) in [6.07, 6.45) is 5.50. The van der Waals surface area contributed by atoms with Crippen molar-refractivity contribution in [3.63, 3.8) is 0 Å². The first-order chi connectivity index (χ1) is 17.2. The third kappa shape index (κ3) is 4.29. The van der Waals surface area contributed by atoms with E-state index in [1.807, 2.05) is 18.4 Å². The van der Waals surface area contributed by atoms with Crippen LogP contribution < -0.4 is 10.1 Å². The summed E-state index contributed by atoms with van der Waals surface area (Å²) in [4.78, 5) is 4.49. The van der Waals surface area contributed by atoms with E-state index in [0.29, 0.717) is 6.04 Å². The zero-order chi connectivity index (χ0) is 23.8. The summed E-state index contributed by atoms with van der Waals surface area (Å²) in [5.74, 6) is 0.872. The standard InChI is InChI=1S/C28H28N4O2S/c1-18-17-35-28(30-18)31-20-7-5-19(6-8-20)27-25(16-29)24-10-9-23(34-22-11-13-33-14-12-22)15-26(24)32(27)21-3-2-4-21/h5-10,15,17,21-22H,2-4,11-14H2,1H3,(H,30,31). The molecule has 1 saturated heterocycles. The van der Waals surface area contributed by atoms with Crippen LogP contribution in [0.3, 0.4) is 0 Å². The molecule has 2 aliphatic rings. The Balaban J connectivity index is 1.39. The Hall–Kier alpha value is -3.34. The predicted octanol–water partition coefficient (Wildman–Crippen LogP) is 6.97. The lowest BCUT2D eigenvalue weighted by atomic mass is 9.92. The van der Waals surface area contributed by atoms with Crippen molar-refractivity contribution in [3.05, 3.63) is 59.1 Å². The van der Waals surface area contributed by atoms with Gasteiger partial charge in [-0.1, -0.05) is 12.1 Å². The van der Waals surface area contributed by atoms with Crippen LogP contribution in [0.25, 0.3) is 22.2 Å². The van der Waals surface area contributed by atoms with Crippen LogP contribution in [0, 0.1) is 18.3 Å². The third-order valence-corrected chi connectivity index (χ3v) is 7.90. The van der Waals surface area contributed by atoms with Crippen molar-refractivity contribution in [2.45, 2.75) is 51.2 Å². The van der Waals surface area contributed by atoms with E-state index < -0.39 is 0 Å². The highest BCUT2D eigenvalue weighted by atomic mass is 32.1. The lowest BCUT2D eigenvalue weighted by Crippen LogP contribution is -2.25. The van der Waals surface area contributed by atoms with E-state index in [0.717, 1.165) is 88.9 Å². The number of fused-ring (bicyclic) bond motifs is 1. The van der Waals surface area contributed by atoms with Crippen molar-refractivity contribution in [1.82, 2.24) is 9.55 Å². The summed E-state index contributed by atoms with van der Waals surface area (Å²) in [7, 11) is 0. The van der Waals surface area contributed by atoms with Crippen molar-refractivity contribution < 1.29 is 9.47 Å². The van der Waals surface area contributed by atoms with Crippen LogP contribution >= 0.6 is 11.3 Å². The van der Waals surface area contributed by atoms with E-state index in [2.05, 4.69) is 57.3 Å².